The summed E-state index contributed by atoms with van der Waals surface area (Å²) in [5.74, 6) is -0.353. The van der Waals surface area contributed by atoms with E-state index in [0.29, 0.717) is 19.3 Å². The van der Waals surface area contributed by atoms with Gasteiger partial charge in [0.05, 0.1) is 12.7 Å². The Kier molecular flexibility index (Phi) is 4.49. The molecule has 4 N–H and O–H groups in total. The molecule has 7 unspecified atom stereocenters. The van der Waals surface area contributed by atoms with Crippen LogP contribution in [0, 0.1) is 0 Å². The first-order valence-corrected chi connectivity index (χ1v) is 7.36. The molecule has 0 aromatic rings. The predicted molar refractivity (Wildman–Crippen MR) is 70.5 cm³/mol. The highest BCUT2D eigenvalue weighted by atomic mass is 16.7. The van der Waals surface area contributed by atoms with Crippen LogP contribution in [-0.4, -0.2) is 75.9 Å². The molecule has 7 atom stereocenters. The lowest BCUT2D eigenvalue weighted by Gasteiger charge is -2.41. The van der Waals surface area contributed by atoms with Crippen LogP contribution in [0.2, 0.25) is 0 Å². The van der Waals surface area contributed by atoms with Gasteiger partial charge in [0.25, 0.3) is 0 Å². The minimum atomic E-state index is -1.46. The normalized spacial score (nSPS) is 45.2. The highest BCUT2D eigenvalue weighted by Crippen LogP contribution is 2.34. The lowest BCUT2D eigenvalue weighted by atomic mass is 9.90. The van der Waals surface area contributed by atoms with Crippen molar-refractivity contribution < 1.29 is 39.4 Å². The van der Waals surface area contributed by atoms with Crippen molar-refractivity contribution in [2.45, 2.75) is 62.2 Å². The van der Waals surface area contributed by atoms with Crippen molar-refractivity contribution >= 4 is 5.97 Å². The fraction of sp³-hybridized carbons (Fsp3) is 0.786. The van der Waals surface area contributed by atoms with Gasteiger partial charge in [-0.05, 0) is 18.4 Å². The van der Waals surface area contributed by atoms with Gasteiger partial charge in [-0.25, -0.2) is 4.79 Å². The number of fused-ring (bicyclic) bond motifs is 1. The summed E-state index contributed by atoms with van der Waals surface area (Å²) in [5.41, 5.74) is 0.943. The molecule has 1 saturated heterocycles. The monoisotopic (exact) mass is 316 g/mol. The smallest absolute Gasteiger partial charge is 0.331 e. The fourth-order valence-corrected chi connectivity index (χ4v) is 3.10. The SMILES string of the molecule is O=C1C=C2CCC(OC3OC(CO)C(O)C(O)C3O)CC2O1. The van der Waals surface area contributed by atoms with E-state index in [-0.39, 0.29) is 18.2 Å². The molecule has 1 aliphatic carbocycles. The highest BCUT2D eigenvalue weighted by Gasteiger charge is 2.45. The van der Waals surface area contributed by atoms with Crippen molar-refractivity contribution in [1.29, 1.82) is 0 Å². The molecule has 0 aromatic carbocycles. The maximum atomic E-state index is 11.2. The van der Waals surface area contributed by atoms with Gasteiger partial charge in [0.2, 0.25) is 0 Å². The van der Waals surface area contributed by atoms with Crippen molar-refractivity contribution in [2.75, 3.05) is 6.61 Å². The Balaban J connectivity index is 1.61. The van der Waals surface area contributed by atoms with E-state index in [1.54, 1.807) is 0 Å². The number of carbonyl (C=O) groups excluding carboxylic acids is 1. The molecule has 0 radical (unpaired) electrons. The Labute approximate surface area is 126 Å². The Morgan fingerprint density at radius 1 is 1.23 bits per heavy atom. The number of aliphatic hydroxyl groups excluding tert-OH is 4. The zero-order chi connectivity index (χ0) is 15.9. The Morgan fingerprint density at radius 2 is 2.00 bits per heavy atom. The molecule has 3 rings (SSSR count). The third kappa shape index (κ3) is 2.90. The minimum absolute atomic E-state index is 0.309. The number of rotatable bonds is 3. The lowest BCUT2D eigenvalue weighted by Crippen LogP contribution is -2.59. The molecule has 2 heterocycles. The second kappa shape index (κ2) is 6.23. The van der Waals surface area contributed by atoms with Gasteiger partial charge in [0.15, 0.2) is 6.29 Å². The van der Waals surface area contributed by atoms with Crippen molar-refractivity contribution in [1.82, 2.24) is 0 Å². The summed E-state index contributed by atoms with van der Waals surface area (Å²) in [6.45, 7) is -0.497. The Morgan fingerprint density at radius 3 is 2.73 bits per heavy atom. The number of aliphatic hydroxyl groups is 4. The first-order chi connectivity index (χ1) is 10.5. The first-order valence-electron chi connectivity index (χ1n) is 7.36. The summed E-state index contributed by atoms with van der Waals surface area (Å²) in [5, 5.41) is 38.5. The number of esters is 1. The molecule has 3 aliphatic rings. The molecule has 8 nitrogen and oxygen atoms in total. The van der Waals surface area contributed by atoms with E-state index in [1.807, 2.05) is 0 Å². The van der Waals surface area contributed by atoms with E-state index in [4.69, 9.17) is 19.3 Å². The van der Waals surface area contributed by atoms with Crippen LogP contribution in [0.5, 0.6) is 0 Å². The number of ether oxygens (including phenoxy) is 3. The molecule has 0 spiro atoms. The number of carbonyl (C=O) groups is 1. The molecule has 0 bridgehead atoms. The van der Waals surface area contributed by atoms with Gasteiger partial charge in [-0.3, -0.25) is 0 Å². The molecule has 1 saturated carbocycles. The van der Waals surface area contributed by atoms with Gasteiger partial charge < -0.3 is 34.6 Å². The van der Waals surface area contributed by atoms with E-state index < -0.39 is 37.3 Å². The largest absolute Gasteiger partial charge is 0.455 e. The molecule has 2 aliphatic heterocycles. The Bertz CT molecular complexity index is 462. The maximum absolute atomic E-state index is 11.2. The Hall–Kier alpha value is -1.03. The number of hydrogen-bond donors (Lipinski definition) is 4. The molecule has 22 heavy (non-hydrogen) atoms. The third-order valence-electron chi connectivity index (χ3n) is 4.38. The highest BCUT2D eigenvalue weighted by molar-refractivity contribution is 5.85. The molecule has 2 fully saturated rings. The van der Waals surface area contributed by atoms with E-state index in [0.717, 1.165) is 5.57 Å². The van der Waals surface area contributed by atoms with Gasteiger partial charge in [-0.2, -0.15) is 0 Å². The second-order valence-corrected chi connectivity index (χ2v) is 5.87. The molecular formula is C14H20O8. The zero-order valence-corrected chi connectivity index (χ0v) is 11.9. The average Bonchev–Trinajstić information content (AvgIpc) is 2.87. The van der Waals surface area contributed by atoms with Crippen molar-refractivity contribution in [3.8, 4) is 0 Å². The molecular weight excluding hydrogens is 296 g/mol. The number of hydrogen-bond acceptors (Lipinski definition) is 8. The predicted octanol–water partition coefficient (Wildman–Crippen LogP) is -1.79. The minimum Gasteiger partial charge on any atom is -0.455 e. The zero-order valence-electron chi connectivity index (χ0n) is 11.9. The van der Waals surface area contributed by atoms with Gasteiger partial charge in [-0.15, -0.1) is 0 Å². The van der Waals surface area contributed by atoms with E-state index >= 15 is 0 Å². The lowest BCUT2D eigenvalue weighted by molar-refractivity contribution is -0.313. The van der Waals surface area contributed by atoms with Crippen molar-refractivity contribution in [2.24, 2.45) is 0 Å². The van der Waals surface area contributed by atoms with Crippen LogP contribution in [0.3, 0.4) is 0 Å². The van der Waals surface area contributed by atoms with Gasteiger partial charge in [-0.1, -0.05) is 0 Å². The standard InChI is InChI=1S/C14H20O8/c15-5-9-11(17)12(18)13(19)14(22-9)20-7-2-1-6-3-10(16)21-8(6)4-7/h3,7-9,11-15,17-19H,1-2,4-5H2. The molecule has 124 valence electrons. The molecule has 0 amide bonds. The summed E-state index contributed by atoms with van der Waals surface area (Å²) in [7, 11) is 0. The van der Waals surface area contributed by atoms with E-state index in [9.17, 15) is 20.1 Å². The summed E-state index contributed by atoms with van der Waals surface area (Å²) in [6, 6.07) is 0. The van der Waals surface area contributed by atoms with E-state index in [2.05, 4.69) is 0 Å². The summed E-state index contributed by atoms with van der Waals surface area (Å²) in [4.78, 5) is 11.2. The molecule has 0 aromatic heterocycles. The summed E-state index contributed by atoms with van der Waals surface area (Å²) >= 11 is 0. The fourth-order valence-electron chi connectivity index (χ4n) is 3.10. The van der Waals surface area contributed by atoms with Crippen LogP contribution in [0.25, 0.3) is 0 Å². The average molecular weight is 316 g/mol. The maximum Gasteiger partial charge on any atom is 0.331 e. The topological polar surface area (TPSA) is 126 Å². The van der Waals surface area contributed by atoms with Crippen LogP contribution >= 0.6 is 0 Å². The van der Waals surface area contributed by atoms with Crippen molar-refractivity contribution in [3.63, 3.8) is 0 Å². The van der Waals surface area contributed by atoms with E-state index in [1.165, 1.54) is 6.08 Å². The quantitative estimate of drug-likeness (QED) is 0.450. The first kappa shape index (κ1) is 15.9. The van der Waals surface area contributed by atoms with Crippen LogP contribution in [0.1, 0.15) is 19.3 Å². The van der Waals surface area contributed by atoms with Gasteiger partial charge in [0.1, 0.15) is 30.5 Å². The summed E-state index contributed by atoms with van der Waals surface area (Å²) in [6.07, 6.45) is -3.81. The van der Waals surface area contributed by atoms with Crippen LogP contribution in [-0.2, 0) is 19.0 Å². The third-order valence-corrected chi connectivity index (χ3v) is 4.38. The van der Waals surface area contributed by atoms with Crippen LogP contribution in [0.4, 0.5) is 0 Å². The van der Waals surface area contributed by atoms with Gasteiger partial charge >= 0.3 is 5.97 Å². The second-order valence-electron chi connectivity index (χ2n) is 5.87. The van der Waals surface area contributed by atoms with Crippen LogP contribution in [0.15, 0.2) is 11.6 Å². The van der Waals surface area contributed by atoms with Gasteiger partial charge in [0, 0.05) is 12.5 Å². The molecule has 8 heteroatoms. The van der Waals surface area contributed by atoms with Crippen LogP contribution < -0.4 is 0 Å². The van der Waals surface area contributed by atoms with Crippen molar-refractivity contribution in [3.05, 3.63) is 11.6 Å². The summed E-state index contributed by atoms with van der Waals surface area (Å²) < 4.78 is 16.1.